The fourth-order valence-electron chi connectivity index (χ4n) is 2.01. The monoisotopic (exact) mass is 232 g/mol. The highest BCUT2D eigenvalue weighted by molar-refractivity contribution is 5.48. The number of rotatable bonds is 9. The predicted octanol–water partition coefficient (Wildman–Crippen LogP) is 4.33. The number of aldehydes is 1. The number of hydrogen-bond acceptors (Lipinski definition) is 1. The van der Waals surface area contributed by atoms with Crippen LogP contribution < -0.4 is 0 Å². The number of hydrogen-bond donors (Lipinski definition) is 0. The Bertz CT molecular complexity index is 300. The van der Waals surface area contributed by atoms with Crippen molar-refractivity contribution in [1.29, 1.82) is 0 Å². The summed E-state index contributed by atoms with van der Waals surface area (Å²) in [5, 5.41) is 0. The van der Waals surface area contributed by atoms with Gasteiger partial charge < -0.3 is 4.79 Å². The van der Waals surface area contributed by atoms with Crippen LogP contribution in [0.5, 0.6) is 0 Å². The highest BCUT2D eigenvalue weighted by Crippen LogP contribution is 2.11. The Morgan fingerprint density at radius 3 is 1.88 bits per heavy atom. The number of aryl methyl sites for hydroxylation is 2. The summed E-state index contributed by atoms with van der Waals surface area (Å²) in [6.45, 7) is 2.24. The first-order valence-corrected chi connectivity index (χ1v) is 6.88. The van der Waals surface area contributed by atoms with E-state index in [4.69, 9.17) is 0 Å². The summed E-state index contributed by atoms with van der Waals surface area (Å²) in [6.07, 6.45) is 10.1. The molecule has 0 saturated heterocycles. The lowest BCUT2D eigenvalue weighted by atomic mass is 10.0. The maximum Gasteiger partial charge on any atom is 0.119 e. The van der Waals surface area contributed by atoms with E-state index < -0.39 is 0 Å². The molecule has 0 aliphatic heterocycles. The Hall–Kier alpha value is -1.11. The molecule has 1 heteroatoms. The summed E-state index contributed by atoms with van der Waals surface area (Å²) in [5.74, 6) is 0. The van der Waals surface area contributed by atoms with E-state index in [2.05, 4.69) is 31.2 Å². The molecule has 0 amide bonds. The van der Waals surface area contributed by atoms with Crippen LogP contribution in [0.3, 0.4) is 0 Å². The zero-order valence-corrected chi connectivity index (χ0v) is 11.0. The number of unbranched alkanes of at least 4 members (excludes halogenated alkanes) is 4. The lowest BCUT2D eigenvalue weighted by molar-refractivity contribution is -0.107. The maximum absolute atomic E-state index is 10.2. The fourth-order valence-corrected chi connectivity index (χ4v) is 2.01. The summed E-state index contributed by atoms with van der Waals surface area (Å²) in [6, 6.07) is 8.99. The third kappa shape index (κ3) is 6.25. The van der Waals surface area contributed by atoms with Crippen molar-refractivity contribution in [3.05, 3.63) is 35.4 Å². The van der Waals surface area contributed by atoms with E-state index in [-0.39, 0.29) is 0 Å². The van der Waals surface area contributed by atoms with Gasteiger partial charge in [-0.3, -0.25) is 0 Å². The Labute approximate surface area is 105 Å². The quantitative estimate of drug-likeness (QED) is 0.457. The van der Waals surface area contributed by atoms with E-state index in [1.54, 1.807) is 0 Å². The highest BCUT2D eigenvalue weighted by atomic mass is 16.1. The van der Waals surface area contributed by atoms with Crippen LogP contribution in [0.4, 0.5) is 0 Å². The molecule has 0 bridgehead atoms. The molecule has 0 radical (unpaired) electrons. The largest absolute Gasteiger partial charge is 0.303 e. The lowest BCUT2D eigenvalue weighted by Gasteiger charge is -2.03. The normalized spacial score (nSPS) is 10.4. The first-order chi connectivity index (χ1) is 8.36. The number of carbonyl (C=O) groups excluding carboxylic acids is 1. The third-order valence-electron chi connectivity index (χ3n) is 3.13. The van der Waals surface area contributed by atoms with Crippen LogP contribution in [0.2, 0.25) is 0 Å². The first kappa shape index (κ1) is 14.0. The van der Waals surface area contributed by atoms with Crippen LogP contribution in [0, 0.1) is 0 Å². The van der Waals surface area contributed by atoms with Gasteiger partial charge >= 0.3 is 0 Å². The molecule has 0 unspecified atom stereocenters. The van der Waals surface area contributed by atoms with Gasteiger partial charge in [0, 0.05) is 6.42 Å². The van der Waals surface area contributed by atoms with Crippen molar-refractivity contribution < 1.29 is 4.79 Å². The smallest absolute Gasteiger partial charge is 0.119 e. The molecule has 0 heterocycles. The van der Waals surface area contributed by atoms with Gasteiger partial charge in [0.05, 0.1) is 0 Å². The molecule has 0 saturated carbocycles. The maximum atomic E-state index is 10.2. The Morgan fingerprint density at radius 1 is 0.882 bits per heavy atom. The first-order valence-electron chi connectivity index (χ1n) is 6.88. The standard InChI is InChI=1S/C16H24O/c1-2-3-5-8-15-10-12-16(13-11-15)9-6-4-7-14-17/h10-14H,2-9H2,1H3. The van der Waals surface area contributed by atoms with E-state index in [0.717, 1.165) is 25.5 Å². The van der Waals surface area contributed by atoms with Crippen molar-refractivity contribution in [3.8, 4) is 0 Å². The van der Waals surface area contributed by atoms with Crippen LogP contribution in [-0.2, 0) is 17.6 Å². The predicted molar refractivity (Wildman–Crippen MR) is 73.3 cm³/mol. The molecule has 0 fully saturated rings. The molecule has 0 aromatic heterocycles. The van der Waals surface area contributed by atoms with Gasteiger partial charge in [0.15, 0.2) is 0 Å². The van der Waals surface area contributed by atoms with Crippen molar-refractivity contribution >= 4 is 6.29 Å². The summed E-state index contributed by atoms with van der Waals surface area (Å²) in [4.78, 5) is 10.2. The van der Waals surface area contributed by atoms with Gasteiger partial charge in [-0.15, -0.1) is 0 Å². The lowest BCUT2D eigenvalue weighted by Crippen LogP contribution is -1.89. The second-order valence-corrected chi connectivity index (χ2v) is 4.69. The van der Waals surface area contributed by atoms with Gasteiger partial charge in [-0.05, 0) is 43.2 Å². The van der Waals surface area contributed by atoms with Gasteiger partial charge in [0.25, 0.3) is 0 Å². The van der Waals surface area contributed by atoms with Gasteiger partial charge in [-0.25, -0.2) is 0 Å². The molecule has 1 nitrogen and oxygen atoms in total. The Kier molecular flexibility index (Phi) is 7.37. The SMILES string of the molecule is CCCCCc1ccc(CCCCC=O)cc1. The number of carbonyl (C=O) groups is 1. The van der Waals surface area contributed by atoms with Crippen LogP contribution in [-0.4, -0.2) is 6.29 Å². The molecular formula is C16H24O. The third-order valence-corrected chi connectivity index (χ3v) is 3.13. The second-order valence-electron chi connectivity index (χ2n) is 4.69. The van der Waals surface area contributed by atoms with Crippen molar-refractivity contribution in [2.75, 3.05) is 0 Å². The summed E-state index contributed by atoms with van der Waals surface area (Å²) in [7, 11) is 0. The number of benzene rings is 1. The average molecular weight is 232 g/mol. The molecule has 0 atom stereocenters. The molecule has 94 valence electrons. The van der Waals surface area contributed by atoms with Gasteiger partial charge in [0.1, 0.15) is 6.29 Å². The zero-order chi connectivity index (χ0) is 12.3. The van der Waals surface area contributed by atoms with Crippen LogP contribution in [0.25, 0.3) is 0 Å². The minimum atomic E-state index is 0.703. The summed E-state index contributed by atoms with van der Waals surface area (Å²) in [5.41, 5.74) is 2.85. The van der Waals surface area contributed by atoms with E-state index in [1.165, 1.54) is 36.8 Å². The van der Waals surface area contributed by atoms with Gasteiger partial charge in [0.2, 0.25) is 0 Å². The van der Waals surface area contributed by atoms with Crippen LogP contribution in [0.15, 0.2) is 24.3 Å². The molecule has 1 rings (SSSR count). The van der Waals surface area contributed by atoms with E-state index in [9.17, 15) is 4.79 Å². The van der Waals surface area contributed by atoms with Crippen molar-refractivity contribution in [2.45, 2.75) is 58.3 Å². The zero-order valence-electron chi connectivity index (χ0n) is 11.0. The molecule has 0 aliphatic carbocycles. The minimum absolute atomic E-state index is 0.703. The van der Waals surface area contributed by atoms with E-state index in [0.29, 0.717) is 6.42 Å². The van der Waals surface area contributed by atoms with Crippen molar-refractivity contribution in [2.24, 2.45) is 0 Å². The van der Waals surface area contributed by atoms with Crippen molar-refractivity contribution in [1.82, 2.24) is 0 Å². The molecule has 1 aromatic rings. The molecular weight excluding hydrogens is 208 g/mol. The van der Waals surface area contributed by atoms with Gasteiger partial charge in [-0.2, -0.15) is 0 Å². The topological polar surface area (TPSA) is 17.1 Å². The summed E-state index contributed by atoms with van der Waals surface area (Å²) >= 11 is 0. The molecule has 1 aromatic carbocycles. The molecule has 0 N–H and O–H groups in total. The summed E-state index contributed by atoms with van der Waals surface area (Å²) < 4.78 is 0. The van der Waals surface area contributed by atoms with Crippen molar-refractivity contribution in [3.63, 3.8) is 0 Å². The fraction of sp³-hybridized carbons (Fsp3) is 0.562. The second kappa shape index (κ2) is 8.98. The molecule has 17 heavy (non-hydrogen) atoms. The van der Waals surface area contributed by atoms with E-state index in [1.807, 2.05) is 0 Å². The molecule has 0 aliphatic rings. The Balaban J connectivity index is 2.26. The van der Waals surface area contributed by atoms with Gasteiger partial charge in [-0.1, -0.05) is 44.0 Å². The van der Waals surface area contributed by atoms with E-state index >= 15 is 0 Å². The minimum Gasteiger partial charge on any atom is -0.303 e. The Morgan fingerprint density at radius 2 is 1.41 bits per heavy atom. The highest BCUT2D eigenvalue weighted by Gasteiger charge is 1.96. The average Bonchev–Trinajstić information content (AvgIpc) is 2.37. The van der Waals surface area contributed by atoms with Crippen LogP contribution in [0.1, 0.15) is 56.6 Å². The van der Waals surface area contributed by atoms with Crippen LogP contribution >= 0.6 is 0 Å². The molecule has 0 spiro atoms.